The van der Waals surface area contributed by atoms with Crippen molar-refractivity contribution < 1.29 is 29.0 Å². The van der Waals surface area contributed by atoms with E-state index in [-0.39, 0.29) is 12.5 Å². The van der Waals surface area contributed by atoms with Crippen LogP contribution in [0.2, 0.25) is 0 Å². The monoisotopic (exact) mass is 451 g/mol. The zero-order valence-electron chi connectivity index (χ0n) is 19.8. The van der Waals surface area contributed by atoms with Crippen molar-refractivity contribution in [2.24, 2.45) is 17.6 Å². The number of benzene rings is 1. The zero-order chi connectivity index (χ0) is 24.5. The number of aliphatic hydroxyl groups is 1. The van der Waals surface area contributed by atoms with Gasteiger partial charge in [-0.2, -0.15) is 0 Å². The molecule has 0 fully saturated rings. The van der Waals surface area contributed by atoms with Gasteiger partial charge in [0.25, 0.3) is 0 Å². The normalized spacial score (nSPS) is 15.3. The molecule has 9 heteroatoms. The average Bonchev–Trinajstić information content (AvgIpc) is 2.70. The number of amides is 2. The van der Waals surface area contributed by atoms with Crippen molar-refractivity contribution >= 4 is 18.0 Å². The number of esters is 1. The summed E-state index contributed by atoms with van der Waals surface area (Å²) in [7, 11) is 1.21. The van der Waals surface area contributed by atoms with Crippen molar-refractivity contribution in [3.05, 3.63) is 35.9 Å². The Morgan fingerprint density at radius 1 is 1.12 bits per heavy atom. The minimum atomic E-state index is -1.13. The molecule has 1 aromatic rings. The second-order valence-corrected chi connectivity index (χ2v) is 9.07. The number of alkyl carbamates (subject to hydrolysis) is 1. The molecule has 5 N–H and O–H groups in total. The maximum Gasteiger partial charge on any atom is 0.407 e. The Balaban J connectivity index is 2.89. The first kappa shape index (κ1) is 27.4. The summed E-state index contributed by atoms with van der Waals surface area (Å²) in [5, 5.41) is 16.1. The lowest BCUT2D eigenvalue weighted by molar-refractivity contribution is -0.147. The molecule has 0 aliphatic heterocycles. The van der Waals surface area contributed by atoms with Crippen LogP contribution in [0.3, 0.4) is 0 Å². The van der Waals surface area contributed by atoms with Gasteiger partial charge >= 0.3 is 12.1 Å². The van der Waals surface area contributed by atoms with E-state index < -0.39 is 47.7 Å². The van der Waals surface area contributed by atoms with Gasteiger partial charge in [0.1, 0.15) is 11.6 Å². The van der Waals surface area contributed by atoms with Crippen LogP contribution in [0.25, 0.3) is 0 Å². The van der Waals surface area contributed by atoms with Gasteiger partial charge in [-0.25, -0.2) is 4.79 Å². The maximum absolute atomic E-state index is 12.7. The standard InChI is InChI=1S/C23H37N3O6/c1-14(2)18(19(24)21(29)31-6)20(28)25-13-17(27)16(12-15-10-8-7-9-11-15)26-22(30)32-23(3,4)5/h7-11,14,16-19,27H,12-13,24H2,1-6H3,(H,25,28)(H,26,30)/t16-,17-,18?,19-/m0/s1. The van der Waals surface area contributed by atoms with Crippen LogP contribution >= 0.6 is 0 Å². The molecule has 4 atom stereocenters. The predicted molar refractivity (Wildman–Crippen MR) is 121 cm³/mol. The fourth-order valence-electron chi connectivity index (χ4n) is 3.24. The number of nitrogens with one attached hydrogen (secondary N) is 2. The number of carbonyl (C=O) groups is 3. The van der Waals surface area contributed by atoms with Gasteiger partial charge in [-0.3, -0.25) is 9.59 Å². The molecule has 0 aromatic heterocycles. The summed E-state index contributed by atoms with van der Waals surface area (Å²) in [6, 6.07) is 7.48. The van der Waals surface area contributed by atoms with E-state index in [0.29, 0.717) is 6.42 Å². The average molecular weight is 452 g/mol. The van der Waals surface area contributed by atoms with Gasteiger partial charge in [0, 0.05) is 6.54 Å². The SMILES string of the molecule is COC(=O)[C@@H](N)C(C(=O)NC[C@H](O)[C@H](Cc1ccccc1)NC(=O)OC(C)(C)C)C(C)C. The molecule has 0 spiro atoms. The minimum Gasteiger partial charge on any atom is -0.468 e. The van der Waals surface area contributed by atoms with E-state index in [0.717, 1.165) is 5.56 Å². The van der Waals surface area contributed by atoms with Crippen LogP contribution in [0.5, 0.6) is 0 Å². The first-order chi connectivity index (χ1) is 14.9. The topological polar surface area (TPSA) is 140 Å². The Morgan fingerprint density at radius 2 is 1.72 bits per heavy atom. The van der Waals surface area contributed by atoms with Gasteiger partial charge < -0.3 is 30.9 Å². The Morgan fingerprint density at radius 3 is 2.22 bits per heavy atom. The lowest BCUT2D eigenvalue weighted by atomic mass is 9.88. The molecule has 0 saturated carbocycles. The molecule has 9 nitrogen and oxygen atoms in total. The van der Waals surface area contributed by atoms with Gasteiger partial charge in [-0.1, -0.05) is 44.2 Å². The Hall–Kier alpha value is -2.65. The molecule has 0 aliphatic rings. The van der Waals surface area contributed by atoms with E-state index >= 15 is 0 Å². The summed E-state index contributed by atoms with van der Waals surface area (Å²) < 4.78 is 9.96. The molecule has 0 saturated heterocycles. The molecule has 0 heterocycles. The third-order valence-electron chi connectivity index (χ3n) is 4.83. The summed E-state index contributed by atoms with van der Waals surface area (Å²) in [6.45, 7) is 8.62. The van der Waals surface area contributed by atoms with Crippen LogP contribution < -0.4 is 16.4 Å². The third-order valence-corrected chi connectivity index (χ3v) is 4.83. The number of rotatable bonds is 10. The van der Waals surface area contributed by atoms with Crippen LogP contribution in [-0.4, -0.2) is 60.5 Å². The summed E-state index contributed by atoms with van der Waals surface area (Å²) >= 11 is 0. The van der Waals surface area contributed by atoms with Crippen molar-refractivity contribution in [3.8, 4) is 0 Å². The van der Waals surface area contributed by atoms with Gasteiger partial charge in [0.05, 0.1) is 25.2 Å². The van der Waals surface area contributed by atoms with Gasteiger partial charge in [-0.15, -0.1) is 0 Å². The highest BCUT2D eigenvalue weighted by atomic mass is 16.6. The highest BCUT2D eigenvalue weighted by Gasteiger charge is 2.34. The zero-order valence-corrected chi connectivity index (χ0v) is 19.8. The number of hydrogen-bond donors (Lipinski definition) is 4. The summed E-state index contributed by atoms with van der Waals surface area (Å²) in [5.41, 5.74) is 6.09. The molecule has 0 radical (unpaired) electrons. The van der Waals surface area contributed by atoms with Gasteiger partial charge in [0.2, 0.25) is 5.91 Å². The lowest BCUT2D eigenvalue weighted by Gasteiger charge is -2.28. The lowest BCUT2D eigenvalue weighted by Crippen LogP contribution is -2.53. The molecule has 2 amide bonds. The van der Waals surface area contributed by atoms with E-state index in [4.69, 9.17) is 10.5 Å². The number of hydrogen-bond acceptors (Lipinski definition) is 7. The fourth-order valence-corrected chi connectivity index (χ4v) is 3.24. The minimum absolute atomic E-state index is 0.150. The van der Waals surface area contributed by atoms with Gasteiger partial charge in [-0.05, 0) is 38.7 Å². The molecule has 180 valence electrons. The Bertz CT molecular complexity index is 748. The largest absolute Gasteiger partial charge is 0.468 e. The molecule has 32 heavy (non-hydrogen) atoms. The highest BCUT2D eigenvalue weighted by molar-refractivity contribution is 5.87. The third kappa shape index (κ3) is 9.23. The molecule has 1 unspecified atom stereocenters. The first-order valence-corrected chi connectivity index (χ1v) is 10.7. The molecule has 0 aliphatic carbocycles. The van der Waals surface area contributed by atoms with Crippen LogP contribution in [0.4, 0.5) is 4.79 Å². The summed E-state index contributed by atoms with van der Waals surface area (Å²) in [6.07, 6.45) is -1.46. The molecule has 0 bridgehead atoms. The number of methoxy groups -OCH3 is 1. The number of aliphatic hydroxyl groups excluding tert-OH is 1. The number of carbonyl (C=O) groups excluding carboxylic acids is 3. The van der Waals surface area contributed by atoms with E-state index in [1.54, 1.807) is 34.6 Å². The summed E-state index contributed by atoms with van der Waals surface area (Å²) in [4.78, 5) is 36.8. The smallest absolute Gasteiger partial charge is 0.407 e. The number of nitrogens with two attached hydrogens (primary N) is 1. The van der Waals surface area contributed by atoms with Crippen LogP contribution in [0.1, 0.15) is 40.2 Å². The molecular formula is C23H37N3O6. The van der Waals surface area contributed by atoms with Crippen LogP contribution in [-0.2, 0) is 25.5 Å². The van der Waals surface area contributed by atoms with Crippen molar-refractivity contribution in [2.45, 2.75) is 64.8 Å². The predicted octanol–water partition coefficient (Wildman–Crippen LogP) is 1.37. The van der Waals surface area contributed by atoms with Crippen molar-refractivity contribution in [3.63, 3.8) is 0 Å². The van der Waals surface area contributed by atoms with Crippen molar-refractivity contribution in [1.82, 2.24) is 10.6 Å². The Kier molecular flexibility index (Phi) is 10.6. The van der Waals surface area contributed by atoms with E-state index in [9.17, 15) is 19.5 Å². The fraction of sp³-hybridized carbons (Fsp3) is 0.609. The second kappa shape index (κ2) is 12.4. The van der Waals surface area contributed by atoms with Crippen molar-refractivity contribution in [1.29, 1.82) is 0 Å². The van der Waals surface area contributed by atoms with Crippen LogP contribution in [0.15, 0.2) is 30.3 Å². The number of ether oxygens (including phenoxy) is 2. The highest BCUT2D eigenvalue weighted by Crippen LogP contribution is 2.16. The molecule has 1 rings (SSSR count). The van der Waals surface area contributed by atoms with E-state index in [2.05, 4.69) is 15.4 Å². The summed E-state index contributed by atoms with van der Waals surface area (Å²) in [5.74, 6) is -2.23. The molecule has 1 aromatic carbocycles. The maximum atomic E-state index is 12.7. The molecular weight excluding hydrogens is 414 g/mol. The van der Waals surface area contributed by atoms with Crippen molar-refractivity contribution in [2.75, 3.05) is 13.7 Å². The van der Waals surface area contributed by atoms with Crippen LogP contribution in [0, 0.1) is 11.8 Å². The first-order valence-electron chi connectivity index (χ1n) is 10.7. The van der Waals surface area contributed by atoms with E-state index in [1.807, 2.05) is 30.3 Å². The van der Waals surface area contributed by atoms with Gasteiger partial charge in [0.15, 0.2) is 0 Å². The Labute approximate surface area is 190 Å². The second-order valence-electron chi connectivity index (χ2n) is 9.07. The van der Waals surface area contributed by atoms with E-state index in [1.165, 1.54) is 7.11 Å². The quantitative estimate of drug-likeness (QED) is 0.394.